The topological polar surface area (TPSA) is 80.3 Å². The van der Waals surface area contributed by atoms with Crippen LogP contribution in [0, 0.1) is 6.92 Å². The van der Waals surface area contributed by atoms with Gasteiger partial charge in [0.1, 0.15) is 18.3 Å². The number of hydrogen-bond acceptors (Lipinski definition) is 4. The van der Waals surface area contributed by atoms with Gasteiger partial charge in [0.05, 0.1) is 12.7 Å². The van der Waals surface area contributed by atoms with Gasteiger partial charge >= 0.3 is 0 Å². The van der Waals surface area contributed by atoms with Gasteiger partial charge in [-0.2, -0.15) is 0 Å². The summed E-state index contributed by atoms with van der Waals surface area (Å²) in [6, 6.07) is 11.0. The molecule has 1 aromatic heterocycles. The molecule has 126 valence electrons. The van der Waals surface area contributed by atoms with E-state index in [0.29, 0.717) is 18.0 Å². The standard InChI is InChI=1S/C18H21N3O3/c1-13-5-7-15(8-6-13)21-18(23)10-17(22)20-11-14(2)24-16-4-3-9-19-12-16/h3-9,12,14H,10-11H2,1-2H3,(H,20,22)(H,21,23). The Labute approximate surface area is 141 Å². The number of nitrogens with zero attached hydrogens (tertiary/aromatic N) is 1. The van der Waals surface area contributed by atoms with Crippen LogP contribution in [0.15, 0.2) is 48.8 Å². The van der Waals surface area contributed by atoms with Crippen LogP contribution in [0.3, 0.4) is 0 Å². The van der Waals surface area contributed by atoms with Crippen LogP contribution < -0.4 is 15.4 Å². The highest BCUT2D eigenvalue weighted by Gasteiger charge is 2.11. The number of carbonyl (C=O) groups excluding carboxylic acids is 2. The zero-order valence-electron chi connectivity index (χ0n) is 13.8. The van der Waals surface area contributed by atoms with Crippen LogP contribution in [0.5, 0.6) is 5.75 Å². The lowest BCUT2D eigenvalue weighted by Crippen LogP contribution is -2.35. The highest BCUT2D eigenvalue weighted by Crippen LogP contribution is 2.09. The van der Waals surface area contributed by atoms with Gasteiger partial charge in [-0.1, -0.05) is 17.7 Å². The van der Waals surface area contributed by atoms with Crippen LogP contribution in [-0.2, 0) is 9.59 Å². The molecule has 1 heterocycles. The molecule has 0 radical (unpaired) electrons. The van der Waals surface area contributed by atoms with E-state index in [0.717, 1.165) is 5.56 Å². The zero-order chi connectivity index (χ0) is 17.4. The van der Waals surface area contributed by atoms with E-state index >= 15 is 0 Å². The van der Waals surface area contributed by atoms with Crippen molar-refractivity contribution in [1.82, 2.24) is 10.3 Å². The fourth-order valence-corrected chi connectivity index (χ4v) is 2.00. The molecule has 6 nitrogen and oxygen atoms in total. The summed E-state index contributed by atoms with van der Waals surface area (Å²) < 4.78 is 5.60. The summed E-state index contributed by atoms with van der Waals surface area (Å²) in [5, 5.41) is 5.37. The summed E-state index contributed by atoms with van der Waals surface area (Å²) in [7, 11) is 0. The van der Waals surface area contributed by atoms with Gasteiger partial charge in [0.25, 0.3) is 0 Å². The van der Waals surface area contributed by atoms with Gasteiger partial charge in [-0.3, -0.25) is 14.6 Å². The second kappa shape index (κ2) is 8.67. The third-order valence-electron chi connectivity index (χ3n) is 3.21. The lowest BCUT2D eigenvalue weighted by atomic mass is 10.2. The van der Waals surface area contributed by atoms with Crippen molar-refractivity contribution < 1.29 is 14.3 Å². The Bertz CT molecular complexity index is 672. The predicted molar refractivity (Wildman–Crippen MR) is 91.8 cm³/mol. The molecule has 0 aliphatic rings. The average molecular weight is 327 g/mol. The monoisotopic (exact) mass is 327 g/mol. The lowest BCUT2D eigenvalue weighted by molar-refractivity contribution is -0.127. The lowest BCUT2D eigenvalue weighted by Gasteiger charge is -2.15. The molecule has 0 aliphatic carbocycles. The van der Waals surface area contributed by atoms with Crippen LogP contribution in [-0.4, -0.2) is 29.4 Å². The van der Waals surface area contributed by atoms with Crippen molar-refractivity contribution in [2.24, 2.45) is 0 Å². The first-order valence-electron chi connectivity index (χ1n) is 7.73. The highest BCUT2D eigenvalue weighted by atomic mass is 16.5. The van der Waals surface area contributed by atoms with Crippen molar-refractivity contribution in [2.45, 2.75) is 26.4 Å². The molecule has 24 heavy (non-hydrogen) atoms. The Morgan fingerprint density at radius 2 is 1.92 bits per heavy atom. The number of anilines is 1. The number of aryl methyl sites for hydroxylation is 1. The summed E-state index contributed by atoms with van der Waals surface area (Å²) in [6.45, 7) is 4.11. The van der Waals surface area contributed by atoms with Crippen molar-refractivity contribution in [1.29, 1.82) is 0 Å². The molecule has 0 saturated carbocycles. The largest absolute Gasteiger partial charge is 0.487 e. The van der Waals surface area contributed by atoms with Crippen LogP contribution in [0.1, 0.15) is 18.9 Å². The maximum atomic E-state index is 11.8. The van der Waals surface area contributed by atoms with Gasteiger partial charge in [0.2, 0.25) is 11.8 Å². The van der Waals surface area contributed by atoms with E-state index in [1.807, 2.05) is 26.0 Å². The number of aromatic nitrogens is 1. The highest BCUT2D eigenvalue weighted by molar-refractivity contribution is 6.03. The van der Waals surface area contributed by atoms with E-state index in [4.69, 9.17) is 4.74 Å². The molecule has 0 bridgehead atoms. The molecule has 1 aromatic carbocycles. The van der Waals surface area contributed by atoms with Crippen molar-refractivity contribution in [3.63, 3.8) is 0 Å². The van der Waals surface area contributed by atoms with Gasteiger partial charge in [0, 0.05) is 11.9 Å². The van der Waals surface area contributed by atoms with Crippen LogP contribution >= 0.6 is 0 Å². The van der Waals surface area contributed by atoms with Crippen molar-refractivity contribution in [3.8, 4) is 5.75 Å². The van der Waals surface area contributed by atoms with Gasteiger partial charge in [-0.25, -0.2) is 0 Å². The third-order valence-corrected chi connectivity index (χ3v) is 3.21. The molecule has 1 atom stereocenters. The number of benzene rings is 1. The van der Waals surface area contributed by atoms with Gasteiger partial charge in [-0.05, 0) is 38.1 Å². The van der Waals surface area contributed by atoms with E-state index < -0.39 is 0 Å². The van der Waals surface area contributed by atoms with Gasteiger partial charge < -0.3 is 15.4 Å². The van der Waals surface area contributed by atoms with E-state index in [1.54, 1.807) is 36.7 Å². The predicted octanol–water partition coefficient (Wildman–Crippen LogP) is 2.30. The fourth-order valence-electron chi connectivity index (χ4n) is 2.00. The van der Waals surface area contributed by atoms with Gasteiger partial charge in [0.15, 0.2) is 0 Å². The molecule has 0 saturated heterocycles. The summed E-state index contributed by atoms with van der Waals surface area (Å²) in [5.74, 6) is -0.0604. The van der Waals surface area contributed by atoms with Crippen LogP contribution in [0.25, 0.3) is 0 Å². The molecule has 0 fully saturated rings. The fraction of sp³-hybridized carbons (Fsp3) is 0.278. The minimum atomic E-state index is -0.350. The van der Waals surface area contributed by atoms with Crippen molar-refractivity contribution in [3.05, 3.63) is 54.4 Å². The summed E-state index contributed by atoms with van der Waals surface area (Å²) in [5.41, 5.74) is 1.78. The van der Waals surface area contributed by atoms with E-state index in [-0.39, 0.29) is 24.3 Å². The molecule has 0 aliphatic heterocycles. The maximum absolute atomic E-state index is 11.8. The Balaban J connectivity index is 1.70. The van der Waals surface area contributed by atoms with Gasteiger partial charge in [-0.15, -0.1) is 0 Å². The molecule has 1 unspecified atom stereocenters. The number of nitrogens with one attached hydrogen (secondary N) is 2. The second-order valence-corrected chi connectivity index (χ2v) is 5.51. The minimum Gasteiger partial charge on any atom is -0.487 e. The Morgan fingerprint density at radius 1 is 1.17 bits per heavy atom. The normalized spacial score (nSPS) is 11.4. The molecule has 2 amide bonds. The zero-order valence-corrected chi connectivity index (χ0v) is 13.8. The molecular formula is C18H21N3O3. The Kier molecular flexibility index (Phi) is 6.31. The summed E-state index contributed by atoms with van der Waals surface area (Å²) in [4.78, 5) is 27.6. The SMILES string of the molecule is Cc1ccc(NC(=O)CC(=O)NCC(C)Oc2cccnc2)cc1. The molecule has 2 aromatic rings. The molecule has 0 spiro atoms. The first-order valence-corrected chi connectivity index (χ1v) is 7.73. The van der Waals surface area contributed by atoms with E-state index in [9.17, 15) is 9.59 Å². The average Bonchev–Trinajstić information content (AvgIpc) is 2.56. The Hall–Kier alpha value is -2.89. The molecular weight excluding hydrogens is 306 g/mol. The third kappa shape index (κ3) is 6.08. The van der Waals surface area contributed by atoms with Crippen LogP contribution in [0.4, 0.5) is 5.69 Å². The molecule has 2 rings (SSSR count). The number of hydrogen-bond donors (Lipinski definition) is 2. The quantitative estimate of drug-likeness (QED) is 0.765. The smallest absolute Gasteiger partial charge is 0.233 e. The van der Waals surface area contributed by atoms with Crippen LogP contribution in [0.2, 0.25) is 0 Å². The minimum absolute atomic E-state index is 0.224. The van der Waals surface area contributed by atoms with E-state index in [2.05, 4.69) is 15.6 Å². The summed E-state index contributed by atoms with van der Waals surface area (Å²) in [6.07, 6.45) is 2.81. The number of carbonyl (C=O) groups is 2. The first-order chi connectivity index (χ1) is 11.5. The Morgan fingerprint density at radius 3 is 2.58 bits per heavy atom. The first kappa shape index (κ1) is 17.5. The van der Waals surface area contributed by atoms with E-state index in [1.165, 1.54) is 0 Å². The molecule has 2 N–H and O–H groups in total. The number of pyridine rings is 1. The van der Waals surface area contributed by atoms with Crippen molar-refractivity contribution >= 4 is 17.5 Å². The number of rotatable bonds is 7. The maximum Gasteiger partial charge on any atom is 0.233 e. The number of amides is 2. The molecule has 6 heteroatoms. The van der Waals surface area contributed by atoms with Crippen molar-refractivity contribution in [2.75, 3.05) is 11.9 Å². The number of ether oxygens (including phenoxy) is 1. The summed E-state index contributed by atoms with van der Waals surface area (Å²) >= 11 is 0. The second-order valence-electron chi connectivity index (χ2n) is 5.51.